The normalized spacial score (nSPS) is 9.76. The minimum atomic E-state index is 0. The van der Waals surface area contributed by atoms with Gasteiger partial charge in [0.15, 0.2) is 0 Å². The maximum atomic E-state index is 5.82. The number of rotatable bonds is 3. The van der Waals surface area contributed by atoms with Crippen LogP contribution in [0.15, 0.2) is 30.3 Å². The molecule has 1 aromatic carbocycles. The van der Waals surface area contributed by atoms with Crippen LogP contribution in [0.3, 0.4) is 0 Å². The summed E-state index contributed by atoms with van der Waals surface area (Å²) in [5.41, 5.74) is 7.91. The first-order valence-electron chi connectivity index (χ1n) is 5.12. The van der Waals surface area contributed by atoms with E-state index in [9.17, 15) is 0 Å². The lowest BCUT2D eigenvalue weighted by atomic mass is 10.2. The molecule has 0 radical (unpaired) electrons. The molecule has 92 valence electrons. The molecule has 0 aliphatic carbocycles. The average Bonchev–Trinajstić information content (AvgIpc) is 2.59. The standard InChI is InChI=1S/C12H15N3O.ClH/c1-9-7-12(13)15(14-9)8-10-3-5-11(16-2)6-4-10;/h3-7H,8,13H2,1-2H3;1H. The Labute approximate surface area is 107 Å². The van der Waals surface area contributed by atoms with Crippen molar-refractivity contribution in [2.45, 2.75) is 13.5 Å². The fourth-order valence-corrected chi connectivity index (χ4v) is 1.60. The van der Waals surface area contributed by atoms with E-state index >= 15 is 0 Å². The monoisotopic (exact) mass is 253 g/mol. The van der Waals surface area contributed by atoms with E-state index in [0.717, 1.165) is 17.0 Å². The third kappa shape index (κ3) is 3.14. The van der Waals surface area contributed by atoms with Crippen molar-refractivity contribution in [3.8, 4) is 5.75 Å². The second-order valence-corrected chi connectivity index (χ2v) is 3.72. The van der Waals surface area contributed by atoms with E-state index in [-0.39, 0.29) is 12.4 Å². The Kier molecular flexibility index (Phi) is 4.40. The molecule has 1 heterocycles. The molecule has 1 aromatic heterocycles. The van der Waals surface area contributed by atoms with E-state index in [1.165, 1.54) is 0 Å². The molecule has 2 N–H and O–H groups in total. The van der Waals surface area contributed by atoms with Crippen LogP contribution in [0.4, 0.5) is 5.82 Å². The van der Waals surface area contributed by atoms with Crippen molar-refractivity contribution in [3.05, 3.63) is 41.6 Å². The summed E-state index contributed by atoms with van der Waals surface area (Å²) >= 11 is 0. The molecule has 0 unspecified atom stereocenters. The van der Waals surface area contributed by atoms with Gasteiger partial charge in [0.2, 0.25) is 0 Å². The van der Waals surface area contributed by atoms with Crippen LogP contribution in [0, 0.1) is 6.92 Å². The van der Waals surface area contributed by atoms with Gasteiger partial charge in [0.25, 0.3) is 0 Å². The molecular weight excluding hydrogens is 238 g/mol. The molecule has 0 aliphatic rings. The molecule has 0 saturated carbocycles. The van der Waals surface area contributed by atoms with E-state index in [1.54, 1.807) is 11.8 Å². The van der Waals surface area contributed by atoms with Crippen molar-refractivity contribution in [2.75, 3.05) is 12.8 Å². The number of hydrogen-bond acceptors (Lipinski definition) is 3. The number of nitrogen functional groups attached to an aromatic ring is 1. The number of methoxy groups -OCH3 is 1. The van der Waals surface area contributed by atoms with Crippen LogP contribution in [0.5, 0.6) is 5.75 Å². The average molecular weight is 254 g/mol. The summed E-state index contributed by atoms with van der Waals surface area (Å²) in [6, 6.07) is 9.75. The van der Waals surface area contributed by atoms with E-state index in [2.05, 4.69) is 5.10 Å². The molecule has 0 bridgehead atoms. The third-order valence-electron chi connectivity index (χ3n) is 2.42. The fraction of sp³-hybridized carbons (Fsp3) is 0.250. The largest absolute Gasteiger partial charge is 0.497 e. The van der Waals surface area contributed by atoms with Gasteiger partial charge in [0.05, 0.1) is 19.3 Å². The summed E-state index contributed by atoms with van der Waals surface area (Å²) in [4.78, 5) is 0. The third-order valence-corrected chi connectivity index (χ3v) is 2.42. The number of aromatic nitrogens is 2. The Morgan fingerprint density at radius 2 is 1.94 bits per heavy atom. The Bertz CT molecular complexity index is 479. The van der Waals surface area contributed by atoms with E-state index in [1.807, 2.05) is 37.3 Å². The molecule has 4 nitrogen and oxygen atoms in total. The summed E-state index contributed by atoms with van der Waals surface area (Å²) in [5, 5.41) is 4.31. The number of nitrogens with two attached hydrogens (primary N) is 1. The number of aryl methyl sites for hydroxylation is 1. The quantitative estimate of drug-likeness (QED) is 0.913. The topological polar surface area (TPSA) is 53.1 Å². The lowest BCUT2D eigenvalue weighted by Gasteiger charge is -2.05. The maximum absolute atomic E-state index is 5.82. The molecule has 0 atom stereocenters. The van der Waals surface area contributed by atoms with Gasteiger partial charge < -0.3 is 10.5 Å². The van der Waals surface area contributed by atoms with Gasteiger partial charge in [-0.05, 0) is 24.6 Å². The minimum Gasteiger partial charge on any atom is -0.497 e. The van der Waals surface area contributed by atoms with Gasteiger partial charge in [-0.25, -0.2) is 4.68 Å². The second kappa shape index (κ2) is 5.59. The van der Waals surface area contributed by atoms with Gasteiger partial charge in [-0.2, -0.15) is 5.10 Å². The first-order chi connectivity index (χ1) is 7.69. The van der Waals surface area contributed by atoms with Crippen LogP contribution in [-0.4, -0.2) is 16.9 Å². The maximum Gasteiger partial charge on any atom is 0.122 e. The van der Waals surface area contributed by atoms with Crippen molar-refractivity contribution in [1.29, 1.82) is 0 Å². The SMILES string of the molecule is COc1ccc(Cn2nc(C)cc2N)cc1.Cl. The zero-order valence-electron chi connectivity index (χ0n) is 9.88. The predicted octanol–water partition coefficient (Wildman–Crippen LogP) is 2.25. The van der Waals surface area contributed by atoms with Crippen LogP contribution >= 0.6 is 12.4 Å². The van der Waals surface area contributed by atoms with E-state index in [0.29, 0.717) is 12.4 Å². The molecule has 5 heteroatoms. The molecule has 0 amide bonds. The van der Waals surface area contributed by atoms with E-state index in [4.69, 9.17) is 10.5 Å². The molecule has 2 rings (SSSR count). The number of ether oxygens (including phenoxy) is 1. The summed E-state index contributed by atoms with van der Waals surface area (Å²) < 4.78 is 6.89. The predicted molar refractivity (Wildman–Crippen MR) is 70.7 cm³/mol. The Morgan fingerprint density at radius 3 is 2.41 bits per heavy atom. The molecular formula is C12H16ClN3O. The first-order valence-corrected chi connectivity index (χ1v) is 5.12. The highest BCUT2D eigenvalue weighted by Crippen LogP contribution is 2.14. The zero-order valence-corrected chi connectivity index (χ0v) is 10.7. The van der Waals surface area contributed by atoms with Gasteiger partial charge in [0.1, 0.15) is 11.6 Å². The van der Waals surface area contributed by atoms with Crippen LogP contribution < -0.4 is 10.5 Å². The lowest BCUT2D eigenvalue weighted by Crippen LogP contribution is -2.05. The highest BCUT2D eigenvalue weighted by atomic mass is 35.5. The first kappa shape index (κ1) is 13.4. The molecule has 17 heavy (non-hydrogen) atoms. The second-order valence-electron chi connectivity index (χ2n) is 3.72. The number of halogens is 1. The summed E-state index contributed by atoms with van der Waals surface area (Å²) in [6.45, 7) is 2.62. The summed E-state index contributed by atoms with van der Waals surface area (Å²) in [6.07, 6.45) is 0. The number of hydrogen-bond donors (Lipinski definition) is 1. The molecule has 0 fully saturated rings. The van der Waals surface area contributed by atoms with Gasteiger partial charge in [-0.1, -0.05) is 12.1 Å². The molecule has 2 aromatic rings. The van der Waals surface area contributed by atoms with Crippen molar-refractivity contribution in [2.24, 2.45) is 0 Å². The number of anilines is 1. The lowest BCUT2D eigenvalue weighted by molar-refractivity contribution is 0.414. The molecule has 0 saturated heterocycles. The molecule has 0 aliphatic heterocycles. The van der Waals surface area contributed by atoms with Crippen molar-refractivity contribution in [1.82, 2.24) is 9.78 Å². The highest BCUT2D eigenvalue weighted by molar-refractivity contribution is 5.85. The minimum absolute atomic E-state index is 0. The van der Waals surface area contributed by atoms with Gasteiger partial charge in [0, 0.05) is 6.07 Å². The Morgan fingerprint density at radius 1 is 1.29 bits per heavy atom. The van der Waals surface area contributed by atoms with Crippen LogP contribution in [0.2, 0.25) is 0 Å². The fourth-order valence-electron chi connectivity index (χ4n) is 1.60. The number of nitrogens with zero attached hydrogens (tertiary/aromatic N) is 2. The Hall–Kier alpha value is -1.68. The van der Waals surface area contributed by atoms with Crippen LogP contribution in [0.1, 0.15) is 11.3 Å². The van der Waals surface area contributed by atoms with Gasteiger partial charge >= 0.3 is 0 Å². The summed E-state index contributed by atoms with van der Waals surface area (Å²) in [5.74, 6) is 1.54. The highest BCUT2D eigenvalue weighted by Gasteiger charge is 2.02. The smallest absolute Gasteiger partial charge is 0.122 e. The van der Waals surface area contributed by atoms with Gasteiger partial charge in [-0.3, -0.25) is 0 Å². The van der Waals surface area contributed by atoms with Gasteiger partial charge in [-0.15, -0.1) is 12.4 Å². The molecule has 0 spiro atoms. The summed E-state index contributed by atoms with van der Waals surface area (Å²) in [7, 11) is 1.66. The number of benzene rings is 1. The van der Waals surface area contributed by atoms with E-state index < -0.39 is 0 Å². The van der Waals surface area contributed by atoms with Crippen LogP contribution in [0.25, 0.3) is 0 Å². The van der Waals surface area contributed by atoms with Crippen molar-refractivity contribution >= 4 is 18.2 Å². The van der Waals surface area contributed by atoms with Crippen molar-refractivity contribution in [3.63, 3.8) is 0 Å². The zero-order chi connectivity index (χ0) is 11.5. The van der Waals surface area contributed by atoms with Crippen LogP contribution in [-0.2, 0) is 6.54 Å². The Balaban J connectivity index is 0.00000144. The van der Waals surface area contributed by atoms with Crippen molar-refractivity contribution < 1.29 is 4.74 Å².